The van der Waals surface area contributed by atoms with Crippen molar-refractivity contribution in [1.82, 2.24) is 10.2 Å². The topological polar surface area (TPSA) is 89.9 Å². The number of urea groups is 1. The van der Waals surface area contributed by atoms with Crippen molar-refractivity contribution in [2.45, 2.75) is 57.6 Å². The number of aliphatic hydroxyl groups excluding tert-OH is 1. The van der Waals surface area contributed by atoms with Crippen LogP contribution in [0.15, 0.2) is 0 Å². The molecule has 1 aliphatic carbocycles. The van der Waals surface area contributed by atoms with Gasteiger partial charge >= 0.3 is 12.0 Å². The van der Waals surface area contributed by atoms with Gasteiger partial charge < -0.3 is 20.4 Å². The normalized spacial score (nSPS) is 37.1. The molecule has 1 heterocycles. The van der Waals surface area contributed by atoms with Crippen molar-refractivity contribution in [3.8, 4) is 0 Å². The van der Waals surface area contributed by atoms with Crippen LogP contribution in [0.5, 0.6) is 0 Å². The van der Waals surface area contributed by atoms with Crippen LogP contribution in [0, 0.1) is 11.8 Å². The highest BCUT2D eigenvalue weighted by atomic mass is 16.4. The summed E-state index contributed by atoms with van der Waals surface area (Å²) in [6.45, 7) is 4.88. The van der Waals surface area contributed by atoms with E-state index >= 15 is 0 Å². The van der Waals surface area contributed by atoms with Crippen LogP contribution >= 0.6 is 0 Å². The largest absolute Gasteiger partial charge is 0.480 e. The second kappa shape index (κ2) is 6.22. The molecule has 0 aromatic carbocycles. The smallest absolute Gasteiger partial charge is 0.329 e. The third kappa shape index (κ3) is 3.48. The number of aliphatic carboxylic acids is 1. The SMILES string of the molecule is CC1CCCC(NC(=O)N2CCC(O)C(C)C2)(C(=O)O)C1. The van der Waals surface area contributed by atoms with Crippen LogP contribution in [0.25, 0.3) is 0 Å². The minimum absolute atomic E-state index is 0.0237. The Morgan fingerprint density at radius 1 is 1.29 bits per heavy atom. The molecule has 0 aromatic rings. The van der Waals surface area contributed by atoms with Crippen LogP contribution in [0.3, 0.4) is 0 Å². The first-order valence-corrected chi connectivity index (χ1v) is 7.82. The maximum atomic E-state index is 12.4. The summed E-state index contributed by atoms with van der Waals surface area (Å²) in [6.07, 6.45) is 2.98. The molecule has 4 atom stereocenters. The number of nitrogens with zero attached hydrogens (tertiary/aromatic N) is 1. The van der Waals surface area contributed by atoms with E-state index in [-0.39, 0.29) is 18.1 Å². The van der Waals surface area contributed by atoms with E-state index in [1.807, 2.05) is 13.8 Å². The summed E-state index contributed by atoms with van der Waals surface area (Å²) in [5, 5.41) is 22.1. The number of amides is 2. The fourth-order valence-electron chi connectivity index (χ4n) is 3.51. The van der Waals surface area contributed by atoms with E-state index in [1.54, 1.807) is 4.90 Å². The molecule has 21 heavy (non-hydrogen) atoms. The van der Waals surface area contributed by atoms with Gasteiger partial charge in [0.05, 0.1) is 6.10 Å². The Hall–Kier alpha value is -1.30. The van der Waals surface area contributed by atoms with Crippen molar-refractivity contribution >= 4 is 12.0 Å². The molecule has 1 aliphatic heterocycles. The van der Waals surface area contributed by atoms with E-state index in [2.05, 4.69) is 5.32 Å². The summed E-state index contributed by atoms with van der Waals surface area (Å²) in [7, 11) is 0. The van der Waals surface area contributed by atoms with Gasteiger partial charge in [0.15, 0.2) is 0 Å². The fourth-order valence-corrected chi connectivity index (χ4v) is 3.51. The third-order valence-corrected chi connectivity index (χ3v) is 4.90. The first kappa shape index (κ1) is 16.1. The van der Waals surface area contributed by atoms with Gasteiger partial charge in [-0.3, -0.25) is 0 Å². The number of carboxylic acids is 1. The van der Waals surface area contributed by atoms with Crippen LogP contribution in [-0.4, -0.2) is 51.8 Å². The molecule has 0 spiro atoms. The molecule has 6 heteroatoms. The summed E-state index contributed by atoms with van der Waals surface area (Å²) in [5.41, 5.74) is -1.13. The maximum absolute atomic E-state index is 12.4. The molecule has 2 fully saturated rings. The van der Waals surface area contributed by atoms with Crippen LogP contribution in [0.4, 0.5) is 4.79 Å². The number of rotatable bonds is 2. The summed E-state index contributed by atoms with van der Waals surface area (Å²) in [5.74, 6) is -0.611. The number of piperidine rings is 1. The van der Waals surface area contributed by atoms with Crippen molar-refractivity contribution in [2.24, 2.45) is 11.8 Å². The molecule has 1 saturated heterocycles. The van der Waals surface area contributed by atoms with Crippen LogP contribution in [0.1, 0.15) is 46.0 Å². The van der Waals surface area contributed by atoms with Gasteiger partial charge in [0.25, 0.3) is 0 Å². The van der Waals surface area contributed by atoms with Crippen molar-refractivity contribution in [1.29, 1.82) is 0 Å². The van der Waals surface area contributed by atoms with Crippen molar-refractivity contribution in [3.05, 3.63) is 0 Å². The van der Waals surface area contributed by atoms with Crippen molar-refractivity contribution in [2.75, 3.05) is 13.1 Å². The Morgan fingerprint density at radius 3 is 2.57 bits per heavy atom. The maximum Gasteiger partial charge on any atom is 0.329 e. The monoisotopic (exact) mass is 298 g/mol. The average Bonchev–Trinajstić information content (AvgIpc) is 2.41. The van der Waals surface area contributed by atoms with Crippen LogP contribution < -0.4 is 5.32 Å². The zero-order chi connectivity index (χ0) is 15.6. The summed E-state index contributed by atoms with van der Waals surface area (Å²) in [6, 6.07) is -0.315. The standard InChI is InChI=1S/C15H26N2O4/c1-10-4-3-6-15(8-10,13(19)20)16-14(21)17-7-5-12(18)11(2)9-17/h10-12,18H,3-9H2,1-2H3,(H,16,21)(H,19,20). The molecule has 1 saturated carbocycles. The highest BCUT2D eigenvalue weighted by molar-refractivity contribution is 5.86. The van der Waals surface area contributed by atoms with Gasteiger partial charge in [0.1, 0.15) is 5.54 Å². The first-order chi connectivity index (χ1) is 9.84. The highest BCUT2D eigenvalue weighted by Gasteiger charge is 2.44. The minimum Gasteiger partial charge on any atom is -0.480 e. The Bertz CT molecular complexity index is 414. The molecule has 6 nitrogen and oxygen atoms in total. The molecule has 3 N–H and O–H groups in total. The summed E-state index contributed by atoms with van der Waals surface area (Å²) < 4.78 is 0. The molecule has 2 aliphatic rings. The van der Waals surface area contributed by atoms with Gasteiger partial charge in [-0.15, -0.1) is 0 Å². The summed E-state index contributed by atoms with van der Waals surface area (Å²) >= 11 is 0. The lowest BCUT2D eigenvalue weighted by Crippen LogP contribution is -2.61. The number of carbonyl (C=O) groups is 2. The Labute approximate surface area is 125 Å². The van der Waals surface area contributed by atoms with Crippen molar-refractivity contribution < 1.29 is 19.8 Å². The predicted octanol–water partition coefficient (Wildman–Crippen LogP) is 1.43. The van der Waals surface area contributed by atoms with E-state index in [1.165, 1.54) is 0 Å². The Kier molecular flexibility index (Phi) is 4.76. The molecule has 0 aromatic heterocycles. The van der Waals surface area contributed by atoms with Crippen LogP contribution in [-0.2, 0) is 4.79 Å². The van der Waals surface area contributed by atoms with Gasteiger partial charge in [-0.2, -0.15) is 0 Å². The summed E-state index contributed by atoms with van der Waals surface area (Å²) in [4.78, 5) is 25.7. The van der Waals surface area contributed by atoms with Gasteiger partial charge in [0.2, 0.25) is 0 Å². The molecular weight excluding hydrogens is 272 g/mol. The van der Waals surface area contributed by atoms with E-state index in [0.29, 0.717) is 38.3 Å². The van der Waals surface area contributed by atoms with Gasteiger partial charge in [-0.1, -0.05) is 26.7 Å². The van der Waals surface area contributed by atoms with E-state index in [9.17, 15) is 19.8 Å². The number of carbonyl (C=O) groups excluding carboxylic acids is 1. The fraction of sp³-hybridized carbons (Fsp3) is 0.867. The lowest BCUT2D eigenvalue weighted by atomic mass is 9.76. The number of aliphatic hydroxyl groups is 1. The molecular formula is C15H26N2O4. The highest BCUT2D eigenvalue weighted by Crippen LogP contribution is 2.33. The number of hydrogen-bond acceptors (Lipinski definition) is 3. The second-order valence-corrected chi connectivity index (χ2v) is 6.80. The molecule has 0 radical (unpaired) electrons. The van der Waals surface area contributed by atoms with Gasteiger partial charge in [0, 0.05) is 13.1 Å². The molecule has 120 valence electrons. The average molecular weight is 298 g/mol. The van der Waals surface area contributed by atoms with Crippen LogP contribution in [0.2, 0.25) is 0 Å². The Balaban J connectivity index is 2.03. The third-order valence-electron chi connectivity index (χ3n) is 4.90. The number of carboxylic acid groups (broad SMARTS) is 1. The van der Waals surface area contributed by atoms with E-state index in [0.717, 1.165) is 12.8 Å². The lowest BCUT2D eigenvalue weighted by Gasteiger charge is -2.40. The predicted molar refractivity (Wildman–Crippen MR) is 77.9 cm³/mol. The quantitative estimate of drug-likeness (QED) is 0.719. The number of likely N-dealkylation sites (tertiary alicyclic amines) is 1. The first-order valence-electron chi connectivity index (χ1n) is 7.82. The molecule has 2 amide bonds. The molecule has 2 rings (SSSR count). The van der Waals surface area contributed by atoms with E-state index < -0.39 is 11.5 Å². The van der Waals surface area contributed by atoms with Crippen molar-refractivity contribution in [3.63, 3.8) is 0 Å². The lowest BCUT2D eigenvalue weighted by molar-refractivity contribution is -0.146. The number of nitrogens with one attached hydrogen (secondary N) is 1. The molecule has 0 bridgehead atoms. The minimum atomic E-state index is -1.13. The molecule has 4 unspecified atom stereocenters. The second-order valence-electron chi connectivity index (χ2n) is 6.80. The number of hydrogen-bond donors (Lipinski definition) is 3. The van der Waals surface area contributed by atoms with Gasteiger partial charge in [-0.25, -0.2) is 9.59 Å². The van der Waals surface area contributed by atoms with Gasteiger partial charge in [-0.05, 0) is 31.1 Å². The zero-order valence-electron chi connectivity index (χ0n) is 12.8. The zero-order valence-corrected chi connectivity index (χ0v) is 12.8. The van der Waals surface area contributed by atoms with E-state index in [4.69, 9.17) is 0 Å². The Morgan fingerprint density at radius 2 is 2.00 bits per heavy atom.